The first-order valence-corrected chi connectivity index (χ1v) is 19.4. The van der Waals surface area contributed by atoms with Crippen molar-refractivity contribution in [3.05, 3.63) is 53.6 Å². The maximum Gasteiger partial charge on any atom is 0.264 e. The number of aliphatic hydroxyl groups is 1. The molecule has 6 rings (SSSR count). The van der Waals surface area contributed by atoms with E-state index in [0.29, 0.717) is 29.2 Å². The summed E-state index contributed by atoms with van der Waals surface area (Å²) in [5.74, 6) is -0.250. The number of benzene rings is 2. The van der Waals surface area contributed by atoms with Crippen LogP contribution < -0.4 is 20.3 Å². The number of likely N-dealkylation sites (tertiary alicyclic amines) is 1. The fraction of sp³-hybridized carbons (Fsp3) is 0.559. The molecule has 3 amide bonds. The van der Waals surface area contributed by atoms with Crippen molar-refractivity contribution in [1.29, 1.82) is 0 Å². The molecule has 12 heteroatoms. The highest BCUT2D eigenvalue weighted by Crippen LogP contribution is 2.60. The summed E-state index contributed by atoms with van der Waals surface area (Å²) in [6.45, 7) is 7.24. The van der Waals surface area contributed by atoms with Crippen molar-refractivity contribution in [1.82, 2.24) is 10.2 Å². The molecular weight excluding hydrogens is 604 g/mol. The Morgan fingerprint density at radius 3 is 2.57 bits per heavy atom. The number of hydrogen-bond acceptors (Lipinski definition) is 8. The van der Waals surface area contributed by atoms with Crippen LogP contribution in [0.2, 0.25) is 18.6 Å². The number of amides is 3. The molecule has 11 nitrogen and oxygen atoms in total. The monoisotopic (exact) mass is 650 g/mol. The second-order valence-corrected chi connectivity index (χ2v) is 17.7. The lowest BCUT2D eigenvalue weighted by molar-refractivity contribution is -0.150. The molecule has 0 aromatic heterocycles. The first kappa shape index (κ1) is 32.6. The van der Waals surface area contributed by atoms with Gasteiger partial charge in [-0.2, -0.15) is 0 Å². The van der Waals surface area contributed by atoms with E-state index in [1.54, 1.807) is 16.9 Å². The van der Waals surface area contributed by atoms with Gasteiger partial charge >= 0.3 is 0 Å². The molecule has 4 heterocycles. The molecular formula is C34H46N4O7Si. The number of ether oxygens (including phenoxy) is 2. The van der Waals surface area contributed by atoms with Gasteiger partial charge in [0.25, 0.3) is 5.91 Å². The van der Waals surface area contributed by atoms with E-state index < -0.39 is 31.5 Å². The highest BCUT2D eigenvalue weighted by molar-refractivity contribution is 6.71. The highest BCUT2D eigenvalue weighted by Gasteiger charge is 2.66. The molecule has 4 aliphatic heterocycles. The third-order valence-electron chi connectivity index (χ3n) is 10.4. The highest BCUT2D eigenvalue weighted by atomic mass is 28.4. The molecule has 0 radical (unpaired) electrons. The van der Waals surface area contributed by atoms with Gasteiger partial charge in [-0.05, 0) is 81.2 Å². The zero-order valence-electron chi connectivity index (χ0n) is 27.1. The molecule has 46 heavy (non-hydrogen) atoms. The lowest BCUT2D eigenvalue weighted by Crippen LogP contribution is -2.46. The summed E-state index contributed by atoms with van der Waals surface area (Å²) in [5, 5.41) is 16.0. The summed E-state index contributed by atoms with van der Waals surface area (Å²) in [6.07, 6.45) is 2.74. The molecule has 0 saturated carbocycles. The fourth-order valence-electron chi connectivity index (χ4n) is 8.20. The predicted octanol–water partition coefficient (Wildman–Crippen LogP) is 3.10. The number of methoxy groups -OCH3 is 1. The summed E-state index contributed by atoms with van der Waals surface area (Å²) >= 11 is 0. The van der Waals surface area contributed by atoms with E-state index >= 15 is 0 Å². The number of fused-ring (bicyclic) bond motifs is 2. The second kappa shape index (κ2) is 12.7. The van der Waals surface area contributed by atoms with E-state index in [4.69, 9.17) is 9.47 Å². The smallest absolute Gasteiger partial charge is 0.264 e. The van der Waals surface area contributed by atoms with Crippen molar-refractivity contribution in [3.8, 4) is 5.75 Å². The SMILES string of the molecule is COc1ccc2c(c1)[C@]1(O[C@@H](CC(=O)N3CCC[C@H]3CO)[C@H]([Si](C)(C)O)[C@H]1C)C(=O)N2Cc1ccc(NC(=O)[C@H]2CCCN2)cc1. The summed E-state index contributed by atoms with van der Waals surface area (Å²) in [5.41, 5.74) is 1.13. The van der Waals surface area contributed by atoms with Gasteiger partial charge in [0.1, 0.15) is 5.75 Å². The Morgan fingerprint density at radius 2 is 1.91 bits per heavy atom. The molecule has 3 saturated heterocycles. The summed E-state index contributed by atoms with van der Waals surface area (Å²) in [6, 6.07) is 12.6. The summed E-state index contributed by atoms with van der Waals surface area (Å²) < 4.78 is 12.4. The number of nitrogens with one attached hydrogen (secondary N) is 2. The van der Waals surface area contributed by atoms with Crippen molar-refractivity contribution in [2.24, 2.45) is 5.92 Å². The van der Waals surface area contributed by atoms with Crippen LogP contribution in [0.15, 0.2) is 42.5 Å². The number of rotatable bonds is 9. The van der Waals surface area contributed by atoms with Gasteiger partial charge in [-0.1, -0.05) is 19.1 Å². The first-order valence-electron chi connectivity index (χ1n) is 16.4. The van der Waals surface area contributed by atoms with E-state index in [0.717, 1.165) is 37.8 Å². The number of aliphatic hydroxyl groups excluding tert-OH is 1. The Balaban J connectivity index is 1.29. The van der Waals surface area contributed by atoms with Crippen molar-refractivity contribution in [2.75, 3.05) is 37.0 Å². The fourth-order valence-corrected chi connectivity index (χ4v) is 10.8. The van der Waals surface area contributed by atoms with Gasteiger partial charge in [0.15, 0.2) is 13.9 Å². The number of carbonyl (C=O) groups is 3. The molecule has 1 spiro atoms. The van der Waals surface area contributed by atoms with Gasteiger partial charge in [0.2, 0.25) is 11.8 Å². The van der Waals surface area contributed by atoms with Gasteiger partial charge in [-0.25, -0.2) is 0 Å². The number of hydrogen-bond donors (Lipinski definition) is 4. The molecule has 2 aromatic rings. The van der Waals surface area contributed by atoms with Crippen molar-refractivity contribution < 1.29 is 33.8 Å². The van der Waals surface area contributed by atoms with Crippen molar-refractivity contribution in [3.63, 3.8) is 0 Å². The Hall–Kier alpha value is -3.29. The van der Waals surface area contributed by atoms with Crippen LogP contribution in [0.3, 0.4) is 0 Å². The predicted molar refractivity (Wildman–Crippen MR) is 176 cm³/mol. The van der Waals surface area contributed by atoms with E-state index in [-0.39, 0.29) is 49.4 Å². The van der Waals surface area contributed by atoms with Crippen LogP contribution in [0.25, 0.3) is 0 Å². The normalized spacial score (nSPS) is 29.1. The van der Waals surface area contributed by atoms with Gasteiger partial charge in [-0.3, -0.25) is 14.4 Å². The van der Waals surface area contributed by atoms with Gasteiger partial charge in [0.05, 0.1) is 50.6 Å². The zero-order chi connectivity index (χ0) is 32.8. The molecule has 3 fully saturated rings. The number of nitrogens with zero attached hydrogens (tertiary/aromatic N) is 2. The molecule has 6 atom stereocenters. The minimum atomic E-state index is -2.96. The number of anilines is 2. The van der Waals surface area contributed by atoms with Crippen LogP contribution in [-0.4, -0.2) is 85.8 Å². The molecule has 0 unspecified atom stereocenters. The summed E-state index contributed by atoms with van der Waals surface area (Å²) in [7, 11) is -1.38. The molecule has 2 aromatic carbocycles. The van der Waals surface area contributed by atoms with Gasteiger partial charge in [0, 0.05) is 29.3 Å². The first-order chi connectivity index (χ1) is 22.0. The van der Waals surface area contributed by atoms with Gasteiger partial charge in [-0.15, -0.1) is 0 Å². The lowest BCUT2D eigenvalue weighted by Gasteiger charge is -2.32. The van der Waals surface area contributed by atoms with Gasteiger partial charge < -0.3 is 39.8 Å². The Bertz CT molecular complexity index is 1470. The van der Waals surface area contributed by atoms with E-state index in [1.807, 2.05) is 62.5 Å². The van der Waals surface area contributed by atoms with Crippen LogP contribution in [0.4, 0.5) is 11.4 Å². The Morgan fingerprint density at radius 1 is 1.15 bits per heavy atom. The lowest BCUT2D eigenvalue weighted by atomic mass is 9.82. The molecule has 0 aliphatic carbocycles. The Kier molecular flexibility index (Phi) is 9.03. The standard InChI is InChI=1S/C34H46N4O7Si/c1-21-31(46(3,4)43)29(18-30(40)37-16-6-7-24(37)20-39)45-34(21)26-17-25(44-2)13-14-28(26)38(33(34)42)19-22-9-11-23(12-10-22)36-32(41)27-8-5-15-35-27/h9-14,17,21,24,27,29,31,35,39,43H,5-8,15-16,18-20H2,1-4H3,(H,36,41)/t21-,24+,27-,29+,31-,34+/m1/s1. The minimum Gasteiger partial charge on any atom is -0.497 e. The van der Waals surface area contributed by atoms with E-state index in [2.05, 4.69) is 10.6 Å². The Labute approximate surface area is 271 Å². The van der Waals surface area contributed by atoms with Crippen molar-refractivity contribution >= 4 is 37.4 Å². The second-order valence-electron chi connectivity index (χ2n) is 13.7. The zero-order valence-corrected chi connectivity index (χ0v) is 28.1. The largest absolute Gasteiger partial charge is 0.497 e. The van der Waals surface area contributed by atoms with E-state index in [1.165, 1.54) is 0 Å². The van der Waals surface area contributed by atoms with Crippen LogP contribution >= 0.6 is 0 Å². The van der Waals surface area contributed by atoms with Crippen LogP contribution in [0.5, 0.6) is 5.75 Å². The topological polar surface area (TPSA) is 141 Å². The average Bonchev–Trinajstić information content (AvgIpc) is 3.82. The molecule has 248 valence electrons. The number of carbonyl (C=O) groups excluding carboxylic acids is 3. The van der Waals surface area contributed by atoms with Crippen LogP contribution in [0.1, 0.15) is 50.2 Å². The third-order valence-corrected chi connectivity index (χ3v) is 12.9. The maximum absolute atomic E-state index is 14.7. The maximum atomic E-state index is 14.7. The van der Waals surface area contributed by atoms with Crippen molar-refractivity contribution in [2.45, 2.75) is 88.0 Å². The molecule has 4 N–H and O–H groups in total. The minimum absolute atomic E-state index is 0.0282. The summed E-state index contributed by atoms with van der Waals surface area (Å²) in [4.78, 5) is 55.9. The molecule has 0 bridgehead atoms. The molecule has 4 aliphatic rings. The van der Waals surface area contributed by atoms with E-state index in [9.17, 15) is 24.3 Å². The van der Waals surface area contributed by atoms with Crippen LogP contribution in [0, 0.1) is 5.92 Å². The van der Waals surface area contributed by atoms with Crippen LogP contribution in [-0.2, 0) is 31.3 Å². The third kappa shape index (κ3) is 5.74. The quantitative estimate of drug-likeness (QED) is 0.304. The average molecular weight is 651 g/mol.